The van der Waals surface area contributed by atoms with Crippen LogP contribution in [0.25, 0.3) is 16.9 Å². The number of rotatable bonds is 5. The molecule has 4 aromatic heterocycles. The second-order valence-corrected chi connectivity index (χ2v) is 7.24. The number of fused-ring (bicyclic) bond motifs is 1. The molecule has 0 unspecified atom stereocenters. The van der Waals surface area contributed by atoms with Gasteiger partial charge in [-0.2, -0.15) is 15.3 Å². The fourth-order valence-corrected chi connectivity index (χ4v) is 3.52. The largest absolute Gasteiger partial charge is 0.336 e. The highest BCUT2D eigenvalue weighted by Gasteiger charge is 2.22. The Balaban J connectivity index is 1.70. The summed E-state index contributed by atoms with van der Waals surface area (Å²) in [4.78, 5) is 19.1. The first-order valence-corrected chi connectivity index (χ1v) is 9.57. The minimum Gasteiger partial charge on any atom is -0.336 e. The molecule has 0 radical (unpaired) electrons. The smallest absolute Gasteiger partial charge is 0.259 e. The molecule has 0 aliphatic carbocycles. The van der Waals surface area contributed by atoms with Crippen molar-refractivity contribution in [3.8, 4) is 11.3 Å². The van der Waals surface area contributed by atoms with Crippen molar-refractivity contribution in [2.24, 2.45) is 7.05 Å². The molecule has 10 heteroatoms. The number of aromatic nitrogens is 7. The molecule has 0 spiro atoms. The summed E-state index contributed by atoms with van der Waals surface area (Å²) in [6.45, 7) is 5.09. The fourth-order valence-electron chi connectivity index (χ4n) is 3.29. The molecule has 4 aromatic rings. The molecule has 150 valence electrons. The molecule has 29 heavy (non-hydrogen) atoms. The highest BCUT2D eigenvalue weighted by molar-refractivity contribution is 6.31. The third-order valence-electron chi connectivity index (χ3n) is 4.92. The molecule has 0 saturated heterocycles. The van der Waals surface area contributed by atoms with Crippen LogP contribution in [0.1, 0.15) is 28.7 Å². The molecule has 0 saturated carbocycles. The maximum atomic E-state index is 13.1. The summed E-state index contributed by atoms with van der Waals surface area (Å²) in [5, 5.41) is 13.6. The molecule has 0 bridgehead atoms. The maximum absolute atomic E-state index is 13.1. The number of nitrogens with zero attached hydrogens (tertiary/aromatic N) is 8. The SMILES string of the molecule is CCn1cc(-c2ccnc3c(C(=O)N(C)Cc4c(Cl)cnn4C)cnn23)c(C)n1. The quantitative estimate of drug-likeness (QED) is 0.503. The van der Waals surface area contributed by atoms with Crippen molar-refractivity contribution in [3.63, 3.8) is 0 Å². The van der Waals surface area contributed by atoms with E-state index in [1.165, 1.54) is 0 Å². The lowest BCUT2D eigenvalue weighted by atomic mass is 10.2. The van der Waals surface area contributed by atoms with Gasteiger partial charge in [-0.1, -0.05) is 11.6 Å². The molecule has 4 rings (SSSR count). The number of hydrogen-bond acceptors (Lipinski definition) is 5. The van der Waals surface area contributed by atoms with E-state index < -0.39 is 0 Å². The first-order chi connectivity index (χ1) is 13.9. The Hall–Kier alpha value is -3.20. The lowest BCUT2D eigenvalue weighted by molar-refractivity contribution is 0.0783. The predicted octanol–water partition coefficient (Wildman–Crippen LogP) is 2.58. The van der Waals surface area contributed by atoms with E-state index in [0.29, 0.717) is 22.8 Å². The van der Waals surface area contributed by atoms with E-state index in [1.807, 2.05) is 30.8 Å². The summed E-state index contributed by atoms with van der Waals surface area (Å²) >= 11 is 6.17. The number of halogens is 1. The van der Waals surface area contributed by atoms with Crippen LogP contribution in [-0.4, -0.2) is 52.0 Å². The van der Waals surface area contributed by atoms with Gasteiger partial charge < -0.3 is 4.90 Å². The Morgan fingerprint density at radius 1 is 1.28 bits per heavy atom. The molecule has 0 aliphatic rings. The van der Waals surface area contributed by atoms with Gasteiger partial charge in [-0.25, -0.2) is 9.50 Å². The standard InChI is InChI=1S/C19H21ClN8O/c1-5-27-10-14(12(2)24-27)16-6-7-21-18-13(8-23-28(16)18)19(29)25(3)11-17-15(20)9-22-26(17)4/h6-10H,5,11H2,1-4H3. The molecule has 0 aromatic carbocycles. The third kappa shape index (κ3) is 3.27. The molecule has 9 nitrogen and oxygen atoms in total. The summed E-state index contributed by atoms with van der Waals surface area (Å²) in [6.07, 6.45) is 6.78. The zero-order chi connectivity index (χ0) is 20.7. The number of aryl methyl sites for hydroxylation is 3. The molecule has 0 fully saturated rings. The average Bonchev–Trinajstić information content (AvgIpc) is 3.40. The minimum atomic E-state index is -0.192. The molecule has 0 aliphatic heterocycles. The summed E-state index contributed by atoms with van der Waals surface area (Å²) < 4.78 is 5.22. The molecule has 1 amide bonds. The van der Waals surface area contributed by atoms with Crippen LogP contribution in [0, 0.1) is 6.92 Å². The second kappa shape index (κ2) is 7.32. The van der Waals surface area contributed by atoms with Gasteiger partial charge in [0.25, 0.3) is 5.91 Å². The van der Waals surface area contributed by atoms with Crippen molar-refractivity contribution < 1.29 is 4.79 Å². The molecule has 0 N–H and O–H groups in total. The Kier molecular flexibility index (Phi) is 4.83. The van der Waals surface area contributed by atoms with Crippen LogP contribution in [0.4, 0.5) is 0 Å². The Labute approximate surface area is 172 Å². The van der Waals surface area contributed by atoms with Gasteiger partial charge in [0, 0.05) is 38.6 Å². The predicted molar refractivity (Wildman–Crippen MR) is 109 cm³/mol. The van der Waals surface area contributed by atoms with Gasteiger partial charge in [0.2, 0.25) is 0 Å². The third-order valence-corrected chi connectivity index (χ3v) is 5.24. The Morgan fingerprint density at radius 2 is 2.07 bits per heavy atom. The van der Waals surface area contributed by atoms with Gasteiger partial charge in [0.05, 0.1) is 41.0 Å². The van der Waals surface area contributed by atoms with E-state index in [2.05, 4.69) is 20.3 Å². The van der Waals surface area contributed by atoms with Crippen LogP contribution in [0.5, 0.6) is 0 Å². The van der Waals surface area contributed by atoms with Gasteiger partial charge in [0.1, 0.15) is 5.56 Å². The molecule has 0 atom stereocenters. The lowest BCUT2D eigenvalue weighted by Gasteiger charge is -2.16. The van der Waals surface area contributed by atoms with Crippen molar-refractivity contribution in [1.29, 1.82) is 0 Å². The van der Waals surface area contributed by atoms with Crippen LogP contribution in [0.3, 0.4) is 0 Å². The van der Waals surface area contributed by atoms with Gasteiger partial charge in [0.15, 0.2) is 5.65 Å². The van der Waals surface area contributed by atoms with Gasteiger partial charge in [-0.3, -0.25) is 14.2 Å². The van der Waals surface area contributed by atoms with E-state index in [0.717, 1.165) is 29.2 Å². The van der Waals surface area contributed by atoms with Crippen molar-refractivity contribution in [2.75, 3.05) is 7.05 Å². The molecular weight excluding hydrogens is 392 g/mol. The number of amides is 1. The summed E-state index contributed by atoms with van der Waals surface area (Å²) in [5.41, 5.74) is 4.37. The van der Waals surface area contributed by atoms with E-state index >= 15 is 0 Å². The second-order valence-electron chi connectivity index (χ2n) is 6.83. The summed E-state index contributed by atoms with van der Waals surface area (Å²) in [5.74, 6) is -0.192. The highest BCUT2D eigenvalue weighted by Crippen LogP contribution is 2.24. The first kappa shape index (κ1) is 19.1. The van der Waals surface area contributed by atoms with Crippen molar-refractivity contribution in [3.05, 3.63) is 52.8 Å². The van der Waals surface area contributed by atoms with Crippen LogP contribution in [0.15, 0.2) is 30.9 Å². The van der Waals surface area contributed by atoms with E-state index in [-0.39, 0.29) is 5.91 Å². The monoisotopic (exact) mass is 412 g/mol. The van der Waals surface area contributed by atoms with Crippen molar-refractivity contribution in [1.82, 2.24) is 39.1 Å². The van der Waals surface area contributed by atoms with Crippen LogP contribution >= 0.6 is 11.6 Å². The van der Waals surface area contributed by atoms with Crippen LogP contribution in [-0.2, 0) is 20.1 Å². The molecular formula is C19H21ClN8O. The minimum absolute atomic E-state index is 0.192. The fraction of sp³-hybridized carbons (Fsp3) is 0.316. The van der Waals surface area contributed by atoms with E-state index in [1.54, 1.807) is 46.8 Å². The van der Waals surface area contributed by atoms with Crippen LogP contribution < -0.4 is 0 Å². The molecule has 4 heterocycles. The maximum Gasteiger partial charge on any atom is 0.259 e. The van der Waals surface area contributed by atoms with Crippen molar-refractivity contribution in [2.45, 2.75) is 26.9 Å². The first-order valence-electron chi connectivity index (χ1n) is 9.19. The van der Waals surface area contributed by atoms with E-state index in [9.17, 15) is 4.79 Å². The van der Waals surface area contributed by atoms with Gasteiger partial charge in [-0.15, -0.1) is 0 Å². The number of carbonyl (C=O) groups is 1. The summed E-state index contributed by atoms with van der Waals surface area (Å²) in [7, 11) is 3.51. The zero-order valence-corrected chi connectivity index (χ0v) is 17.4. The normalized spacial score (nSPS) is 11.3. The topological polar surface area (TPSA) is 86.1 Å². The lowest BCUT2D eigenvalue weighted by Crippen LogP contribution is -2.27. The zero-order valence-electron chi connectivity index (χ0n) is 16.7. The van der Waals surface area contributed by atoms with Gasteiger partial charge >= 0.3 is 0 Å². The highest BCUT2D eigenvalue weighted by atomic mass is 35.5. The Morgan fingerprint density at radius 3 is 2.72 bits per heavy atom. The average molecular weight is 413 g/mol. The number of hydrogen-bond donors (Lipinski definition) is 0. The van der Waals surface area contributed by atoms with Crippen LogP contribution in [0.2, 0.25) is 5.02 Å². The Bertz CT molecular complexity index is 1180. The van der Waals surface area contributed by atoms with E-state index in [4.69, 9.17) is 11.6 Å². The number of carbonyl (C=O) groups excluding carboxylic acids is 1. The summed E-state index contributed by atoms with van der Waals surface area (Å²) in [6, 6.07) is 1.87. The van der Waals surface area contributed by atoms with Crippen molar-refractivity contribution >= 4 is 23.2 Å². The van der Waals surface area contributed by atoms with Gasteiger partial charge in [-0.05, 0) is 19.9 Å².